The first-order valence-corrected chi connectivity index (χ1v) is 11.7. The van der Waals surface area contributed by atoms with E-state index >= 15 is 0 Å². The highest BCUT2D eigenvalue weighted by molar-refractivity contribution is 5.69. The summed E-state index contributed by atoms with van der Waals surface area (Å²) >= 11 is 0. The molecule has 0 aliphatic carbocycles. The van der Waals surface area contributed by atoms with Crippen molar-refractivity contribution in [2.45, 2.75) is 50.5 Å². The summed E-state index contributed by atoms with van der Waals surface area (Å²) in [5.74, 6) is -0.533. The van der Waals surface area contributed by atoms with Gasteiger partial charge in [-0.3, -0.25) is 19.8 Å². The zero-order valence-electron chi connectivity index (χ0n) is 19.9. The molecule has 0 bridgehead atoms. The molecule has 184 valence electrons. The molecule has 1 N–H and O–H groups in total. The van der Waals surface area contributed by atoms with E-state index < -0.39 is 29.1 Å². The summed E-state index contributed by atoms with van der Waals surface area (Å²) in [5, 5.41) is 23.5. The lowest BCUT2D eigenvalue weighted by Crippen LogP contribution is -2.51. The molecule has 3 aromatic rings. The number of carbonyl (C=O) groups is 1. The summed E-state index contributed by atoms with van der Waals surface area (Å²) in [6.45, 7) is 1.01. The van der Waals surface area contributed by atoms with Gasteiger partial charge in [-0.1, -0.05) is 91.0 Å². The predicted molar refractivity (Wildman–Crippen MR) is 134 cm³/mol. The third-order valence-electron chi connectivity index (χ3n) is 6.14. The molecule has 0 saturated carbocycles. The second-order valence-electron chi connectivity index (χ2n) is 8.59. The van der Waals surface area contributed by atoms with E-state index in [1.807, 2.05) is 91.0 Å². The molecule has 0 spiro atoms. The van der Waals surface area contributed by atoms with Crippen LogP contribution in [0.3, 0.4) is 0 Å². The Hall–Kier alpha value is -3.55. The zero-order chi connectivity index (χ0) is 25.0. The van der Waals surface area contributed by atoms with Gasteiger partial charge in [-0.25, -0.2) is 0 Å². The molecule has 3 aromatic carbocycles. The Morgan fingerprint density at radius 3 is 1.77 bits per heavy atom. The third kappa shape index (κ3) is 8.02. The van der Waals surface area contributed by atoms with E-state index in [1.54, 1.807) is 0 Å². The zero-order valence-corrected chi connectivity index (χ0v) is 19.9. The Balaban J connectivity index is 1.97. The molecule has 0 aromatic heterocycles. The summed E-state index contributed by atoms with van der Waals surface area (Å²) in [6, 6.07) is 27.5. The summed E-state index contributed by atoms with van der Waals surface area (Å²) in [4.78, 5) is 25.3. The first-order valence-electron chi connectivity index (χ1n) is 11.7. The van der Waals surface area contributed by atoms with E-state index in [4.69, 9.17) is 0 Å². The van der Waals surface area contributed by atoms with Crippen molar-refractivity contribution in [1.29, 1.82) is 0 Å². The van der Waals surface area contributed by atoms with Gasteiger partial charge >= 0.3 is 5.97 Å². The summed E-state index contributed by atoms with van der Waals surface area (Å²) in [7, 11) is 1.25. The molecule has 0 fully saturated rings. The number of nitrogens with zero attached hydrogens (tertiary/aromatic N) is 2. The van der Waals surface area contributed by atoms with Crippen molar-refractivity contribution >= 4 is 5.97 Å². The van der Waals surface area contributed by atoms with Crippen LogP contribution in [0.1, 0.15) is 29.5 Å². The Morgan fingerprint density at radius 2 is 1.34 bits per heavy atom. The number of hydrogen-bond donors (Lipinski definition) is 1. The van der Waals surface area contributed by atoms with Crippen LogP contribution in [0.15, 0.2) is 91.0 Å². The number of carbonyl (C=O) groups excluding carboxylic acids is 1. The fourth-order valence-corrected chi connectivity index (χ4v) is 4.27. The Morgan fingerprint density at radius 1 is 0.886 bits per heavy atom. The van der Waals surface area contributed by atoms with Gasteiger partial charge in [-0.2, -0.15) is 0 Å². The number of hydrogen-bond acceptors (Lipinski definition) is 6. The Kier molecular flexibility index (Phi) is 9.95. The third-order valence-corrected chi connectivity index (χ3v) is 6.14. The molecule has 0 aliphatic rings. The molecule has 0 aliphatic heterocycles. The molecule has 0 radical (unpaired) electrons. The quantitative estimate of drug-likeness (QED) is 0.225. The van der Waals surface area contributed by atoms with Crippen LogP contribution < -0.4 is 0 Å². The van der Waals surface area contributed by atoms with E-state index in [0.717, 1.165) is 16.7 Å². The molecule has 0 saturated heterocycles. The second kappa shape index (κ2) is 13.4. The van der Waals surface area contributed by atoms with Crippen molar-refractivity contribution in [3.05, 3.63) is 118 Å². The van der Waals surface area contributed by atoms with E-state index in [0.29, 0.717) is 19.5 Å². The van der Waals surface area contributed by atoms with Crippen molar-refractivity contribution in [2.24, 2.45) is 0 Å². The minimum absolute atomic E-state index is 0.101. The molecule has 1 unspecified atom stereocenters. The topological polar surface area (TPSA) is 92.9 Å². The van der Waals surface area contributed by atoms with Gasteiger partial charge in [0.05, 0.1) is 13.5 Å². The van der Waals surface area contributed by atoms with Gasteiger partial charge in [0.1, 0.15) is 6.10 Å². The van der Waals surface area contributed by atoms with Crippen molar-refractivity contribution < 1.29 is 19.6 Å². The first kappa shape index (κ1) is 26.1. The second-order valence-corrected chi connectivity index (χ2v) is 8.59. The van der Waals surface area contributed by atoms with Crippen molar-refractivity contribution in [1.82, 2.24) is 4.90 Å². The van der Waals surface area contributed by atoms with Gasteiger partial charge in [-0.05, 0) is 23.1 Å². The fourth-order valence-electron chi connectivity index (χ4n) is 4.27. The van der Waals surface area contributed by atoms with Crippen LogP contribution in [-0.2, 0) is 29.0 Å². The van der Waals surface area contributed by atoms with Crippen LogP contribution in [0.4, 0.5) is 0 Å². The maximum atomic E-state index is 12.0. The molecule has 35 heavy (non-hydrogen) atoms. The van der Waals surface area contributed by atoms with Crippen LogP contribution in [-0.4, -0.2) is 46.2 Å². The number of esters is 1. The van der Waals surface area contributed by atoms with Gasteiger partial charge in [0.2, 0.25) is 6.04 Å². The summed E-state index contributed by atoms with van der Waals surface area (Å²) < 4.78 is 4.67. The van der Waals surface area contributed by atoms with Crippen LogP contribution >= 0.6 is 0 Å². The standard InChI is InChI=1S/C28H32N2O5/c1-35-27(31)18-17-25(30(33)34)28(32)26(19-22-11-5-2-6-12-22)29(20-23-13-7-3-8-14-23)21-24-15-9-4-10-16-24/h2-16,25-26,28,32H,17-21H2,1H3/t25?,26-,28+/m0/s1. The highest BCUT2D eigenvalue weighted by Gasteiger charge is 2.39. The number of aliphatic hydroxyl groups is 1. The average Bonchev–Trinajstić information content (AvgIpc) is 2.88. The van der Waals surface area contributed by atoms with Gasteiger partial charge in [0.25, 0.3) is 0 Å². The Bertz CT molecular complexity index is 1010. The largest absolute Gasteiger partial charge is 0.469 e. The van der Waals surface area contributed by atoms with E-state index in [9.17, 15) is 20.0 Å². The van der Waals surface area contributed by atoms with Crippen molar-refractivity contribution in [3.63, 3.8) is 0 Å². The number of rotatable bonds is 13. The smallest absolute Gasteiger partial charge is 0.305 e. The van der Waals surface area contributed by atoms with Gasteiger partial charge in [0, 0.05) is 30.5 Å². The maximum absolute atomic E-state index is 12.0. The van der Waals surface area contributed by atoms with Crippen molar-refractivity contribution in [2.75, 3.05) is 7.11 Å². The minimum atomic E-state index is -1.31. The summed E-state index contributed by atoms with van der Waals surface area (Å²) in [6.07, 6.45) is -1.11. The lowest BCUT2D eigenvalue weighted by atomic mass is 9.92. The van der Waals surface area contributed by atoms with Gasteiger partial charge in [0.15, 0.2) is 0 Å². The van der Waals surface area contributed by atoms with Crippen LogP contribution in [0.2, 0.25) is 0 Å². The number of nitro groups is 1. The monoisotopic (exact) mass is 476 g/mol. The van der Waals surface area contributed by atoms with Crippen molar-refractivity contribution in [3.8, 4) is 0 Å². The normalized spacial score (nSPS) is 13.7. The van der Waals surface area contributed by atoms with E-state index in [1.165, 1.54) is 7.11 Å². The summed E-state index contributed by atoms with van der Waals surface area (Å²) in [5.41, 5.74) is 3.06. The lowest BCUT2D eigenvalue weighted by molar-refractivity contribution is -0.537. The Labute approximate surface area is 206 Å². The number of benzene rings is 3. The maximum Gasteiger partial charge on any atom is 0.305 e. The van der Waals surface area contributed by atoms with Crippen LogP contribution in [0.25, 0.3) is 0 Å². The van der Waals surface area contributed by atoms with E-state index in [-0.39, 0.29) is 12.8 Å². The molecule has 3 atom stereocenters. The molecular weight excluding hydrogens is 444 g/mol. The predicted octanol–water partition coefficient (Wildman–Crippen LogP) is 4.26. The molecule has 0 amide bonds. The molecule has 7 heteroatoms. The van der Waals surface area contributed by atoms with E-state index in [2.05, 4.69) is 9.64 Å². The fraction of sp³-hybridized carbons (Fsp3) is 0.321. The minimum Gasteiger partial charge on any atom is -0.469 e. The average molecular weight is 477 g/mol. The number of ether oxygens (including phenoxy) is 1. The highest BCUT2D eigenvalue weighted by atomic mass is 16.6. The van der Waals surface area contributed by atoms with Gasteiger partial charge < -0.3 is 9.84 Å². The molecule has 3 rings (SSSR count). The van der Waals surface area contributed by atoms with Crippen LogP contribution in [0, 0.1) is 10.1 Å². The highest BCUT2D eigenvalue weighted by Crippen LogP contribution is 2.23. The SMILES string of the molecule is COC(=O)CCC([C@@H](O)[C@H](Cc1ccccc1)N(Cc1ccccc1)Cc1ccccc1)[N+](=O)[O-]. The molecule has 0 heterocycles. The van der Waals surface area contributed by atoms with Gasteiger partial charge in [-0.15, -0.1) is 0 Å². The first-order chi connectivity index (χ1) is 17.0. The van der Waals surface area contributed by atoms with Crippen LogP contribution in [0.5, 0.6) is 0 Å². The molecule has 7 nitrogen and oxygen atoms in total. The number of aliphatic hydroxyl groups excluding tert-OH is 1. The number of methoxy groups -OCH3 is 1. The molecular formula is C28H32N2O5. The lowest BCUT2D eigenvalue weighted by Gasteiger charge is -2.36.